The third-order valence-electron chi connectivity index (χ3n) is 6.99. The van der Waals surface area contributed by atoms with Gasteiger partial charge in [-0.15, -0.1) is 0 Å². The highest BCUT2D eigenvalue weighted by Gasteiger charge is 2.57. The van der Waals surface area contributed by atoms with Crippen molar-refractivity contribution in [2.45, 2.75) is 25.9 Å². The molecule has 2 N–H and O–H groups in total. The zero-order chi connectivity index (χ0) is 24.3. The molecule has 2 aliphatic heterocycles. The maximum absolute atomic E-state index is 13.6. The summed E-state index contributed by atoms with van der Waals surface area (Å²) in [5.74, 6) is -2.70. The van der Waals surface area contributed by atoms with Gasteiger partial charge >= 0.3 is 7.12 Å². The fourth-order valence-electron chi connectivity index (χ4n) is 5.54. The van der Waals surface area contributed by atoms with E-state index < -0.39 is 47.7 Å². The van der Waals surface area contributed by atoms with E-state index in [0.717, 1.165) is 14.9 Å². The first-order chi connectivity index (χ1) is 16.2. The Morgan fingerprint density at radius 2 is 1.94 bits per heavy atom. The molecule has 34 heavy (non-hydrogen) atoms. The summed E-state index contributed by atoms with van der Waals surface area (Å²) < 4.78 is 6.57. The second kappa shape index (κ2) is 8.33. The lowest BCUT2D eigenvalue weighted by Crippen LogP contribution is -2.44. The molecule has 2 aromatic rings. The number of phenols is 1. The average Bonchev–Trinajstić information content (AvgIpc) is 3.04. The number of anilines is 1. The fourth-order valence-corrected chi connectivity index (χ4v) is 5.92. The molecule has 0 aromatic heterocycles. The zero-order valence-corrected chi connectivity index (χ0v) is 19.6. The van der Waals surface area contributed by atoms with Gasteiger partial charge in [-0.1, -0.05) is 27.6 Å². The van der Waals surface area contributed by atoms with Crippen molar-refractivity contribution in [1.29, 1.82) is 0 Å². The van der Waals surface area contributed by atoms with E-state index >= 15 is 0 Å². The van der Waals surface area contributed by atoms with E-state index in [1.54, 1.807) is 12.1 Å². The lowest BCUT2D eigenvalue weighted by Gasteiger charge is -2.41. The van der Waals surface area contributed by atoms with Crippen LogP contribution in [0.2, 0.25) is 0 Å². The number of allylic oxidation sites excluding steroid dienone is 2. The maximum atomic E-state index is 13.6. The first-order valence-corrected chi connectivity index (χ1v) is 11.6. The number of phenolic OH excluding ortho intramolecular Hbond substituents is 1. The van der Waals surface area contributed by atoms with Crippen molar-refractivity contribution in [2.24, 2.45) is 17.8 Å². The molecule has 5 rings (SSSR count). The van der Waals surface area contributed by atoms with E-state index in [1.165, 1.54) is 30.3 Å². The van der Waals surface area contributed by atoms with Crippen molar-refractivity contribution in [3.8, 4) is 5.75 Å². The van der Waals surface area contributed by atoms with E-state index in [0.29, 0.717) is 17.5 Å². The van der Waals surface area contributed by atoms with Gasteiger partial charge in [0.2, 0.25) is 11.8 Å². The van der Waals surface area contributed by atoms with Gasteiger partial charge in [-0.05, 0) is 55.4 Å². The van der Waals surface area contributed by atoms with Crippen molar-refractivity contribution in [3.05, 3.63) is 73.7 Å². The van der Waals surface area contributed by atoms with Crippen molar-refractivity contribution < 1.29 is 29.3 Å². The molecule has 3 aliphatic rings. The molecular weight excluding hydrogens is 507 g/mol. The number of imide groups is 1. The minimum absolute atomic E-state index is 0.00366. The van der Waals surface area contributed by atoms with E-state index in [-0.39, 0.29) is 23.5 Å². The van der Waals surface area contributed by atoms with Gasteiger partial charge in [-0.25, -0.2) is 4.90 Å². The Hall–Kier alpha value is -3.02. The van der Waals surface area contributed by atoms with Crippen LogP contribution in [0.15, 0.2) is 58.0 Å². The van der Waals surface area contributed by atoms with Crippen LogP contribution in [0.3, 0.4) is 0 Å². The Morgan fingerprint density at radius 3 is 2.68 bits per heavy atom. The van der Waals surface area contributed by atoms with Gasteiger partial charge < -0.3 is 14.8 Å². The molecule has 2 saturated heterocycles. The number of nitro benzene ring substituents is 1. The van der Waals surface area contributed by atoms with Crippen LogP contribution in [0, 0.1) is 27.9 Å². The molecular formula is C23H20BBrN2O7. The molecule has 9 nitrogen and oxygen atoms in total. The summed E-state index contributed by atoms with van der Waals surface area (Å²) in [7, 11) is -1.28. The normalized spacial score (nSPS) is 26.6. The Bertz CT molecular complexity index is 1270. The number of benzene rings is 2. The molecule has 11 heteroatoms. The maximum Gasteiger partial charge on any atom is 0.487 e. The third-order valence-corrected chi connectivity index (χ3v) is 7.48. The number of nitrogens with zero attached hydrogens (tertiary/aromatic N) is 2. The zero-order valence-electron chi connectivity index (χ0n) is 18.1. The molecule has 2 fully saturated rings. The van der Waals surface area contributed by atoms with Crippen LogP contribution < -0.4 is 4.90 Å². The van der Waals surface area contributed by atoms with Crippen LogP contribution in [0.5, 0.6) is 5.75 Å². The number of nitro groups is 1. The summed E-state index contributed by atoms with van der Waals surface area (Å²) in [5, 5.41) is 32.5. The second-order valence-corrected chi connectivity index (χ2v) is 9.80. The summed E-state index contributed by atoms with van der Waals surface area (Å²) in [5.41, 5.74) is 1.80. The predicted octanol–water partition coefficient (Wildman–Crippen LogP) is 3.69. The molecule has 4 atom stereocenters. The monoisotopic (exact) mass is 526 g/mol. The number of hydrogen-bond acceptors (Lipinski definition) is 7. The van der Waals surface area contributed by atoms with E-state index in [2.05, 4.69) is 15.9 Å². The SMILES string of the molecule is CC1=C2B(O)O[C@H](c3cc(Br)ccc3O)C[C@H]2[C@H]2C(=O)N(c3cccc([N+](=O)[O-])c3)C(=O)[C@H]2C1. The number of carbonyl (C=O) groups is 2. The number of carbonyl (C=O) groups excluding carboxylic acids is 2. The Morgan fingerprint density at radius 1 is 1.18 bits per heavy atom. The van der Waals surface area contributed by atoms with Crippen molar-refractivity contribution in [2.75, 3.05) is 4.90 Å². The van der Waals surface area contributed by atoms with Gasteiger partial charge in [0.1, 0.15) is 5.75 Å². The van der Waals surface area contributed by atoms with Crippen LogP contribution in [-0.4, -0.2) is 34.0 Å². The van der Waals surface area contributed by atoms with Crippen LogP contribution in [0.25, 0.3) is 0 Å². The van der Waals surface area contributed by atoms with Gasteiger partial charge in [0.25, 0.3) is 5.69 Å². The number of aromatic hydroxyl groups is 1. The first kappa shape index (κ1) is 22.8. The standard InChI is InChI=1S/C23H20BBrN2O7/c1-11-7-17-20(23(30)26(22(17)29)13-3-2-4-14(9-13)27(32)33)16-10-19(34-24(31)21(11)16)15-8-12(25)5-6-18(15)28/h2-6,8-9,16-17,19-20,28,31H,7,10H2,1H3/t16-,17-,19-,20+/m0/s1. The molecule has 174 valence electrons. The average molecular weight is 527 g/mol. The van der Waals surface area contributed by atoms with E-state index in [1.807, 2.05) is 6.92 Å². The Balaban J connectivity index is 1.53. The lowest BCUT2D eigenvalue weighted by molar-refractivity contribution is -0.384. The molecule has 0 bridgehead atoms. The lowest BCUT2D eigenvalue weighted by atomic mass is 9.55. The molecule has 0 radical (unpaired) electrons. The second-order valence-electron chi connectivity index (χ2n) is 8.88. The van der Waals surface area contributed by atoms with Crippen molar-refractivity contribution in [3.63, 3.8) is 0 Å². The molecule has 1 aliphatic carbocycles. The number of amides is 2. The van der Waals surface area contributed by atoms with Crippen LogP contribution >= 0.6 is 15.9 Å². The molecule has 0 spiro atoms. The summed E-state index contributed by atoms with van der Waals surface area (Å²) in [4.78, 5) is 38.6. The van der Waals surface area contributed by atoms with Gasteiger partial charge in [0, 0.05) is 22.2 Å². The Labute approximate surface area is 203 Å². The quantitative estimate of drug-likeness (QED) is 0.270. The highest BCUT2D eigenvalue weighted by molar-refractivity contribution is 9.10. The van der Waals surface area contributed by atoms with Gasteiger partial charge in [-0.3, -0.25) is 19.7 Å². The van der Waals surface area contributed by atoms with Crippen LogP contribution in [0.1, 0.15) is 31.4 Å². The van der Waals surface area contributed by atoms with Crippen LogP contribution in [-0.2, 0) is 14.2 Å². The van der Waals surface area contributed by atoms with Crippen LogP contribution in [0.4, 0.5) is 11.4 Å². The third kappa shape index (κ3) is 3.55. The highest BCUT2D eigenvalue weighted by atomic mass is 79.9. The molecule has 2 heterocycles. The number of halogens is 1. The van der Waals surface area contributed by atoms with Crippen molar-refractivity contribution >= 4 is 46.2 Å². The van der Waals surface area contributed by atoms with Gasteiger partial charge in [0.15, 0.2) is 0 Å². The highest BCUT2D eigenvalue weighted by Crippen LogP contribution is 2.52. The summed E-state index contributed by atoms with van der Waals surface area (Å²) in [6, 6.07) is 10.4. The largest absolute Gasteiger partial charge is 0.508 e. The number of fused-ring (bicyclic) bond motifs is 3. The van der Waals surface area contributed by atoms with Crippen molar-refractivity contribution in [1.82, 2.24) is 0 Å². The van der Waals surface area contributed by atoms with Gasteiger partial charge in [-0.2, -0.15) is 0 Å². The summed E-state index contributed by atoms with van der Waals surface area (Å²) >= 11 is 3.38. The number of rotatable bonds is 3. The first-order valence-electron chi connectivity index (χ1n) is 10.8. The van der Waals surface area contributed by atoms with Gasteiger partial charge in [0.05, 0.1) is 28.6 Å². The minimum Gasteiger partial charge on any atom is -0.508 e. The molecule has 0 saturated carbocycles. The number of non-ortho nitro benzene ring substituents is 1. The smallest absolute Gasteiger partial charge is 0.487 e. The molecule has 0 unspecified atom stereocenters. The molecule has 2 amide bonds. The molecule has 2 aromatic carbocycles. The van der Waals surface area contributed by atoms with E-state index in [4.69, 9.17) is 4.65 Å². The fraction of sp³-hybridized carbons (Fsp3) is 0.304. The van der Waals surface area contributed by atoms with E-state index in [9.17, 15) is 29.8 Å². The summed E-state index contributed by atoms with van der Waals surface area (Å²) in [6.45, 7) is 1.82. The minimum atomic E-state index is -1.28. The summed E-state index contributed by atoms with van der Waals surface area (Å²) in [6.07, 6.45) is -0.112. The Kier molecular flexibility index (Phi) is 5.58. The predicted molar refractivity (Wildman–Crippen MR) is 126 cm³/mol. The topological polar surface area (TPSA) is 130 Å². The number of hydrogen-bond donors (Lipinski definition) is 2.